The average Bonchev–Trinajstić information content (AvgIpc) is 3.53. The van der Waals surface area contributed by atoms with E-state index in [1.165, 1.54) is 34.9 Å². The van der Waals surface area contributed by atoms with Crippen molar-refractivity contribution >= 4 is 17.0 Å². The van der Waals surface area contributed by atoms with Crippen LogP contribution >= 0.6 is 0 Å². The van der Waals surface area contributed by atoms with Gasteiger partial charge in [0, 0.05) is 12.5 Å². The molecule has 3 heterocycles. The molecular formula is C25H25N5O4. The summed E-state index contributed by atoms with van der Waals surface area (Å²) in [5.41, 5.74) is 6.30. The fraction of sp³-hybridized carbons (Fsp3) is 0.320. The van der Waals surface area contributed by atoms with Gasteiger partial charge in [-0.15, -0.1) is 0 Å². The number of aliphatic hydroxyl groups is 3. The maximum atomic E-state index is 10.4. The number of hydrogen-bond donors (Lipinski definition) is 4. The summed E-state index contributed by atoms with van der Waals surface area (Å²) in [6.45, 7) is 0.288. The van der Waals surface area contributed by atoms with Crippen LogP contribution in [-0.4, -0.2) is 66.3 Å². The molecule has 0 saturated carbocycles. The van der Waals surface area contributed by atoms with Crippen LogP contribution in [0.4, 0.5) is 5.82 Å². The number of imidazole rings is 1. The van der Waals surface area contributed by atoms with Crippen molar-refractivity contribution in [2.45, 2.75) is 36.9 Å². The number of hydrogen-bond acceptors (Lipinski definition) is 8. The molecule has 1 aliphatic carbocycles. The Kier molecular flexibility index (Phi) is 5.26. The van der Waals surface area contributed by atoms with E-state index in [0.717, 1.165) is 6.42 Å². The Morgan fingerprint density at radius 3 is 2.29 bits per heavy atom. The molecule has 0 spiro atoms. The number of anilines is 1. The van der Waals surface area contributed by atoms with Crippen molar-refractivity contribution in [1.29, 1.82) is 0 Å². The van der Waals surface area contributed by atoms with Crippen LogP contribution in [-0.2, 0) is 4.74 Å². The SMILES string of the molecule is OCC1OC(n2cnc3c(NCCC4c5ccccc5-c5ccccc54)ncnc32)C(O)C1O. The predicted molar refractivity (Wildman–Crippen MR) is 125 cm³/mol. The monoisotopic (exact) mass is 459 g/mol. The van der Waals surface area contributed by atoms with Crippen molar-refractivity contribution in [1.82, 2.24) is 19.5 Å². The van der Waals surface area contributed by atoms with Gasteiger partial charge in [-0.05, 0) is 28.7 Å². The highest BCUT2D eigenvalue weighted by Crippen LogP contribution is 2.46. The third-order valence-corrected chi connectivity index (χ3v) is 6.84. The zero-order chi connectivity index (χ0) is 23.2. The largest absolute Gasteiger partial charge is 0.394 e. The molecule has 1 aliphatic heterocycles. The van der Waals surface area contributed by atoms with Gasteiger partial charge in [-0.25, -0.2) is 15.0 Å². The van der Waals surface area contributed by atoms with Gasteiger partial charge >= 0.3 is 0 Å². The highest BCUT2D eigenvalue weighted by atomic mass is 16.6. The zero-order valence-corrected chi connectivity index (χ0v) is 18.3. The highest BCUT2D eigenvalue weighted by molar-refractivity contribution is 5.83. The number of aromatic nitrogens is 4. The number of benzene rings is 2. The molecule has 0 bridgehead atoms. The van der Waals surface area contributed by atoms with Gasteiger partial charge in [-0.2, -0.15) is 0 Å². The summed E-state index contributed by atoms with van der Waals surface area (Å²) >= 11 is 0. The van der Waals surface area contributed by atoms with E-state index in [-0.39, 0.29) is 0 Å². The molecule has 0 amide bonds. The minimum absolute atomic E-state index is 0.300. The Bertz CT molecular complexity index is 1300. The van der Waals surface area contributed by atoms with Crippen LogP contribution < -0.4 is 5.32 Å². The van der Waals surface area contributed by atoms with Crippen LogP contribution in [0.2, 0.25) is 0 Å². The van der Waals surface area contributed by atoms with E-state index in [9.17, 15) is 15.3 Å². The van der Waals surface area contributed by atoms with Crippen molar-refractivity contribution in [2.75, 3.05) is 18.5 Å². The van der Waals surface area contributed by atoms with E-state index in [2.05, 4.69) is 68.8 Å². The maximum absolute atomic E-state index is 10.4. The zero-order valence-electron chi connectivity index (χ0n) is 18.3. The first kappa shape index (κ1) is 21.2. The minimum atomic E-state index is -1.21. The third kappa shape index (κ3) is 3.28. The van der Waals surface area contributed by atoms with Crippen molar-refractivity contribution < 1.29 is 20.1 Å². The number of ether oxygens (including phenoxy) is 1. The Morgan fingerprint density at radius 1 is 0.912 bits per heavy atom. The fourth-order valence-corrected chi connectivity index (χ4v) is 5.18. The molecular weight excluding hydrogens is 434 g/mol. The molecule has 6 rings (SSSR count). The molecule has 1 saturated heterocycles. The molecule has 1 fully saturated rings. The Labute approximate surface area is 195 Å². The van der Waals surface area contributed by atoms with Crippen LogP contribution in [0.5, 0.6) is 0 Å². The normalized spacial score (nSPS) is 23.9. The quantitative estimate of drug-likeness (QED) is 0.345. The standard InChI is InChI=1S/C25H25N5O4/c31-11-19-21(32)22(33)25(34-19)30-13-29-20-23(27-12-28-24(20)30)26-10-9-18-16-7-3-1-5-14(16)15-6-2-4-8-17(15)18/h1-8,12-13,18-19,21-22,25,31-33H,9-11H2,(H,26,27,28). The van der Waals surface area contributed by atoms with E-state index >= 15 is 0 Å². The van der Waals surface area contributed by atoms with E-state index in [4.69, 9.17) is 4.74 Å². The van der Waals surface area contributed by atoms with Crippen molar-refractivity contribution in [3.8, 4) is 11.1 Å². The average molecular weight is 460 g/mol. The van der Waals surface area contributed by atoms with Gasteiger partial charge in [-0.3, -0.25) is 4.57 Å². The number of nitrogens with zero attached hydrogens (tertiary/aromatic N) is 4. The number of aliphatic hydroxyl groups excluding tert-OH is 3. The topological polar surface area (TPSA) is 126 Å². The summed E-state index contributed by atoms with van der Waals surface area (Å²) in [5.74, 6) is 0.892. The molecule has 9 heteroatoms. The fourth-order valence-electron chi connectivity index (χ4n) is 5.18. The summed E-state index contributed by atoms with van der Waals surface area (Å²) in [7, 11) is 0. The van der Waals surface area contributed by atoms with Crippen LogP contribution in [0, 0.1) is 0 Å². The van der Waals surface area contributed by atoms with Crippen molar-refractivity contribution in [3.63, 3.8) is 0 Å². The Balaban J connectivity index is 1.22. The van der Waals surface area contributed by atoms with E-state index < -0.39 is 31.1 Å². The lowest BCUT2D eigenvalue weighted by atomic mass is 9.94. The molecule has 0 radical (unpaired) electrons. The van der Waals surface area contributed by atoms with Gasteiger partial charge in [0.1, 0.15) is 24.6 Å². The molecule has 4 atom stereocenters. The molecule has 4 aromatic rings. The van der Waals surface area contributed by atoms with Crippen LogP contribution in [0.25, 0.3) is 22.3 Å². The van der Waals surface area contributed by atoms with Gasteiger partial charge in [0.25, 0.3) is 0 Å². The maximum Gasteiger partial charge on any atom is 0.167 e. The van der Waals surface area contributed by atoms with Gasteiger partial charge in [0.05, 0.1) is 12.9 Å². The molecule has 2 aromatic heterocycles. The molecule has 34 heavy (non-hydrogen) atoms. The van der Waals surface area contributed by atoms with Crippen LogP contribution in [0.1, 0.15) is 29.7 Å². The first-order valence-electron chi connectivity index (χ1n) is 11.4. The predicted octanol–water partition coefficient (Wildman–Crippen LogP) is 2.05. The number of fused-ring (bicyclic) bond motifs is 4. The molecule has 9 nitrogen and oxygen atoms in total. The lowest BCUT2D eigenvalue weighted by molar-refractivity contribution is -0.0511. The van der Waals surface area contributed by atoms with E-state index in [1.54, 1.807) is 4.57 Å². The van der Waals surface area contributed by atoms with Crippen LogP contribution in [0.3, 0.4) is 0 Å². The molecule has 2 aliphatic rings. The summed E-state index contributed by atoms with van der Waals surface area (Å²) in [5, 5.41) is 33.3. The van der Waals surface area contributed by atoms with Crippen LogP contribution in [0.15, 0.2) is 61.2 Å². The second-order valence-corrected chi connectivity index (χ2v) is 8.72. The van der Waals surface area contributed by atoms with E-state index in [1.807, 2.05) is 0 Å². The second kappa shape index (κ2) is 8.44. The minimum Gasteiger partial charge on any atom is -0.394 e. The number of nitrogens with one attached hydrogen (secondary N) is 1. The third-order valence-electron chi connectivity index (χ3n) is 6.84. The van der Waals surface area contributed by atoms with E-state index in [0.29, 0.717) is 29.4 Å². The summed E-state index contributed by atoms with van der Waals surface area (Å²) in [4.78, 5) is 13.1. The molecule has 4 unspecified atom stereocenters. The summed E-state index contributed by atoms with van der Waals surface area (Å²) in [6, 6.07) is 17.1. The highest BCUT2D eigenvalue weighted by Gasteiger charge is 2.44. The van der Waals surface area contributed by atoms with Gasteiger partial charge in [0.15, 0.2) is 23.2 Å². The van der Waals surface area contributed by atoms with Crippen molar-refractivity contribution in [3.05, 3.63) is 72.3 Å². The van der Waals surface area contributed by atoms with Gasteiger partial charge in [0.2, 0.25) is 0 Å². The number of rotatable bonds is 6. The first-order valence-corrected chi connectivity index (χ1v) is 11.4. The summed E-state index contributed by atoms with van der Waals surface area (Å²) in [6.07, 6.45) is -0.332. The van der Waals surface area contributed by atoms with Crippen molar-refractivity contribution in [2.24, 2.45) is 0 Å². The molecule has 2 aromatic carbocycles. The molecule has 174 valence electrons. The summed E-state index contributed by atoms with van der Waals surface area (Å²) < 4.78 is 7.20. The Morgan fingerprint density at radius 2 is 1.62 bits per heavy atom. The first-order chi connectivity index (χ1) is 16.7. The lowest BCUT2D eigenvalue weighted by Gasteiger charge is -2.17. The Hall–Kier alpha value is -3.37. The smallest absolute Gasteiger partial charge is 0.167 e. The second-order valence-electron chi connectivity index (χ2n) is 8.72. The molecule has 4 N–H and O–H groups in total. The van der Waals surface area contributed by atoms with Gasteiger partial charge in [-0.1, -0.05) is 48.5 Å². The lowest BCUT2D eigenvalue weighted by Crippen LogP contribution is -2.33. The van der Waals surface area contributed by atoms with Gasteiger partial charge < -0.3 is 25.4 Å².